The van der Waals surface area contributed by atoms with E-state index < -0.39 is 0 Å². The first-order chi connectivity index (χ1) is 7.34. The molecule has 0 saturated heterocycles. The fraction of sp³-hybridized carbons (Fsp3) is 0.167. The van der Waals surface area contributed by atoms with E-state index in [9.17, 15) is 0 Å². The molecule has 2 nitrogen and oxygen atoms in total. The first-order valence-corrected chi connectivity index (χ1v) is 5.71. The molecule has 0 spiro atoms. The lowest BCUT2D eigenvalue weighted by molar-refractivity contribution is 0.694. The smallest absolute Gasteiger partial charge is 0.0223 e. The van der Waals surface area contributed by atoms with Gasteiger partial charge in [0.1, 0.15) is 0 Å². The van der Waals surface area contributed by atoms with Gasteiger partial charge in [0.25, 0.3) is 0 Å². The van der Waals surface area contributed by atoms with Crippen LogP contribution in [0.3, 0.4) is 0 Å². The molecule has 2 rings (SSSR count). The van der Waals surface area contributed by atoms with Crippen molar-refractivity contribution in [3.05, 3.63) is 58.3 Å². The Kier molecular flexibility index (Phi) is 3.59. The minimum absolute atomic E-state index is 0.893. The topological polar surface area (TPSA) is 27.8 Å². The second kappa shape index (κ2) is 5.14. The maximum atomic E-state index is 3.46. The second-order valence-corrected chi connectivity index (χ2v) is 4.37. The Morgan fingerprint density at radius 3 is 2.73 bits per heavy atom. The standard InChI is InChI=1S/C12H13BrN2/c13-12-3-1-2-10(6-12)7-15-9-11-4-5-14-8-11/h1-6,8,14-15H,7,9H2. The van der Waals surface area contributed by atoms with Gasteiger partial charge in [-0.1, -0.05) is 28.1 Å². The second-order valence-electron chi connectivity index (χ2n) is 3.45. The van der Waals surface area contributed by atoms with Gasteiger partial charge in [-0.2, -0.15) is 0 Å². The van der Waals surface area contributed by atoms with Gasteiger partial charge >= 0.3 is 0 Å². The number of nitrogens with one attached hydrogen (secondary N) is 2. The monoisotopic (exact) mass is 264 g/mol. The van der Waals surface area contributed by atoms with E-state index in [1.165, 1.54) is 11.1 Å². The van der Waals surface area contributed by atoms with Crippen molar-refractivity contribution in [3.63, 3.8) is 0 Å². The molecule has 0 aliphatic rings. The molecule has 1 aromatic heterocycles. The molecule has 1 aromatic carbocycles. The number of hydrogen-bond donors (Lipinski definition) is 2. The minimum Gasteiger partial charge on any atom is -0.367 e. The van der Waals surface area contributed by atoms with E-state index in [-0.39, 0.29) is 0 Å². The number of aromatic amines is 1. The van der Waals surface area contributed by atoms with E-state index in [1.54, 1.807) is 0 Å². The third-order valence-electron chi connectivity index (χ3n) is 2.21. The highest BCUT2D eigenvalue weighted by Crippen LogP contribution is 2.11. The molecule has 3 heteroatoms. The molecule has 1 heterocycles. The van der Waals surface area contributed by atoms with E-state index in [1.807, 2.05) is 18.5 Å². The summed E-state index contributed by atoms with van der Waals surface area (Å²) in [6, 6.07) is 10.4. The number of aromatic nitrogens is 1. The van der Waals surface area contributed by atoms with E-state index in [4.69, 9.17) is 0 Å². The molecule has 0 bridgehead atoms. The summed E-state index contributed by atoms with van der Waals surface area (Å²) in [5.41, 5.74) is 2.57. The van der Waals surface area contributed by atoms with Crippen LogP contribution >= 0.6 is 15.9 Å². The third-order valence-corrected chi connectivity index (χ3v) is 2.70. The molecule has 15 heavy (non-hydrogen) atoms. The van der Waals surface area contributed by atoms with Crippen LogP contribution in [-0.2, 0) is 13.1 Å². The highest BCUT2D eigenvalue weighted by atomic mass is 79.9. The number of hydrogen-bond acceptors (Lipinski definition) is 1. The van der Waals surface area contributed by atoms with Crippen molar-refractivity contribution in [2.75, 3.05) is 0 Å². The van der Waals surface area contributed by atoms with Gasteiger partial charge in [-0.25, -0.2) is 0 Å². The predicted octanol–water partition coefficient (Wildman–Crippen LogP) is 3.07. The average Bonchev–Trinajstić information content (AvgIpc) is 2.71. The largest absolute Gasteiger partial charge is 0.367 e. The summed E-state index contributed by atoms with van der Waals surface area (Å²) in [6.07, 6.45) is 3.95. The van der Waals surface area contributed by atoms with Crippen molar-refractivity contribution in [1.29, 1.82) is 0 Å². The van der Waals surface area contributed by atoms with Crippen molar-refractivity contribution in [2.45, 2.75) is 13.1 Å². The highest BCUT2D eigenvalue weighted by molar-refractivity contribution is 9.10. The highest BCUT2D eigenvalue weighted by Gasteiger charge is 1.95. The fourth-order valence-electron chi connectivity index (χ4n) is 1.47. The molecule has 0 radical (unpaired) electrons. The molecular formula is C12H13BrN2. The van der Waals surface area contributed by atoms with Gasteiger partial charge in [0.05, 0.1) is 0 Å². The Morgan fingerprint density at radius 1 is 1.13 bits per heavy atom. The minimum atomic E-state index is 0.893. The quantitative estimate of drug-likeness (QED) is 0.873. The van der Waals surface area contributed by atoms with Gasteiger partial charge in [-0.05, 0) is 29.3 Å². The van der Waals surface area contributed by atoms with E-state index in [0.29, 0.717) is 0 Å². The van der Waals surface area contributed by atoms with Crippen LogP contribution in [0.2, 0.25) is 0 Å². The molecule has 0 fully saturated rings. The number of rotatable bonds is 4. The SMILES string of the molecule is Brc1cccc(CNCc2cc[nH]c2)c1. The number of benzene rings is 1. The van der Waals surface area contributed by atoms with Gasteiger partial charge < -0.3 is 10.3 Å². The maximum Gasteiger partial charge on any atom is 0.0223 e. The summed E-state index contributed by atoms with van der Waals surface area (Å²) < 4.78 is 1.13. The molecule has 0 saturated carbocycles. The summed E-state index contributed by atoms with van der Waals surface area (Å²) in [6.45, 7) is 1.79. The lowest BCUT2D eigenvalue weighted by Gasteiger charge is -2.03. The normalized spacial score (nSPS) is 10.5. The van der Waals surface area contributed by atoms with Crippen molar-refractivity contribution in [3.8, 4) is 0 Å². The van der Waals surface area contributed by atoms with Gasteiger partial charge in [0.2, 0.25) is 0 Å². The first kappa shape index (κ1) is 10.5. The van der Waals surface area contributed by atoms with E-state index in [0.717, 1.165) is 17.6 Å². The third kappa shape index (κ3) is 3.22. The molecule has 0 aliphatic heterocycles. The predicted molar refractivity (Wildman–Crippen MR) is 65.5 cm³/mol. The summed E-state index contributed by atoms with van der Waals surface area (Å²) in [7, 11) is 0. The summed E-state index contributed by atoms with van der Waals surface area (Å²) in [5.74, 6) is 0. The molecule has 0 unspecified atom stereocenters. The fourth-order valence-corrected chi connectivity index (χ4v) is 1.91. The molecule has 0 atom stereocenters. The van der Waals surface area contributed by atoms with Crippen LogP contribution in [0.15, 0.2) is 47.2 Å². The molecule has 78 valence electrons. The van der Waals surface area contributed by atoms with Crippen LogP contribution < -0.4 is 5.32 Å². The Bertz CT molecular complexity index is 409. The number of H-pyrrole nitrogens is 1. The Labute approximate surface area is 97.8 Å². The summed E-state index contributed by atoms with van der Waals surface area (Å²) >= 11 is 3.46. The zero-order valence-electron chi connectivity index (χ0n) is 8.33. The molecule has 2 aromatic rings. The summed E-state index contributed by atoms with van der Waals surface area (Å²) in [5, 5.41) is 3.39. The Morgan fingerprint density at radius 2 is 2.00 bits per heavy atom. The van der Waals surface area contributed by atoms with Gasteiger partial charge in [0.15, 0.2) is 0 Å². The Hall–Kier alpha value is -1.06. The molecule has 0 aliphatic carbocycles. The molecule has 0 amide bonds. The van der Waals surface area contributed by atoms with Crippen molar-refractivity contribution >= 4 is 15.9 Å². The van der Waals surface area contributed by atoms with Crippen molar-refractivity contribution in [1.82, 2.24) is 10.3 Å². The van der Waals surface area contributed by atoms with E-state index in [2.05, 4.69) is 50.5 Å². The van der Waals surface area contributed by atoms with Crippen LogP contribution in [0, 0.1) is 0 Å². The lowest BCUT2D eigenvalue weighted by atomic mass is 10.2. The van der Waals surface area contributed by atoms with Crippen LogP contribution in [0.5, 0.6) is 0 Å². The molecular weight excluding hydrogens is 252 g/mol. The van der Waals surface area contributed by atoms with Gasteiger partial charge in [0, 0.05) is 30.0 Å². The van der Waals surface area contributed by atoms with Crippen LogP contribution in [0.4, 0.5) is 0 Å². The van der Waals surface area contributed by atoms with Crippen LogP contribution in [-0.4, -0.2) is 4.98 Å². The first-order valence-electron chi connectivity index (χ1n) is 4.91. The Balaban J connectivity index is 1.83. The van der Waals surface area contributed by atoms with Crippen LogP contribution in [0.25, 0.3) is 0 Å². The van der Waals surface area contributed by atoms with Gasteiger partial charge in [-0.15, -0.1) is 0 Å². The summed E-state index contributed by atoms with van der Waals surface area (Å²) in [4.78, 5) is 3.04. The number of halogens is 1. The van der Waals surface area contributed by atoms with E-state index >= 15 is 0 Å². The van der Waals surface area contributed by atoms with Gasteiger partial charge in [-0.3, -0.25) is 0 Å². The molecule has 2 N–H and O–H groups in total. The van der Waals surface area contributed by atoms with Crippen LogP contribution in [0.1, 0.15) is 11.1 Å². The zero-order chi connectivity index (χ0) is 10.5. The zero-order valence-corrected chi connectivity index (χ0v) is 9.92. The average molecular weight is 265 g/mol. The maximum absolute atomic E-state index is 3.46. The lowest BCUT2D eigenvalue weighted by Crippen LogP contribution is -2.11. The van der Waals surface area contributed by atoms with Crippen molar-refractivity contribution < 1.29 is 0 Å². The van der Waals surface area contributed by atoms with Crippen molar-refractivity contribution in [2.24, 2.45) is 0 Å².